The summed E-state index contributed by atoms with van der Waals surface area (Å²) in [5, 5.41) is 0. The Balaban J connectivity index is 1.45. The Labute approximate surface area is 287 Å². The van der Waals surface area contributed by atoms with Gasteiger partial charge in [-0.3, -0.25) is 4.79 Å². The monoisotopic (exact) mass is 686 g/mol. The van der Waals surface area contributed by atoms with Crippen molar-refractivity contribution in [1.29, 1.82) is 0 Å². The number of aryl methyl sites for hydroxylation is 2. The van der Waals surface area contributed by atoms with E-state index in [2.05, 4.69) is 35.5 Å². The van der Waals surface area contributed by atoms with E-state index < -0.39 is 27.8 Å². The molecule has 1 N–H and O–H groups in total. The smallest absolute Gasteiger partial charge is 0.264 e. The maximum absolute atomic E-state index is 15.9. The van der Waals surface area contributed by atoms with E-state index in [4.69, 9.17) is 9.47 Å². The van der Waals surface area contributed by atoms with Crippen LogP contribution in [0.5, 0.6) is 5.88 Å². The number of sulfonamides is 1. The van der Waals surface area contributed by atoms with Crippen molar-refractivity contribution in [1.82, 2.24) is 14.9 Å². The molecule has 0 spiro atoms. The largest absolute Gasteiger partial charge is 0.475 e. The lowest BCUT2D eigenvalue weighted by molar-refractivity contribution is 0.0510. The molecule has 1 aromatic heterocycles. The van der Waals surface area contributed by atoms with Gasteiger partial charge in [0, 0.05) is 42.5 Å². The summed E-state index contributed by atoms with van der Waals surface area (Å²) in [4.78, 5) is 25.0. The number of carbonyl (C=O) groups is 1. The van der Waals surface area contributed by atoms with E-state index in [1.165, 1.54) is 18.2 Å². The molecule has 0 radical (unpaired) electrons. The second-order valence-corrected chi connectivity index (χ2v) is 15.9. The van der Waals surface area contributed by atoms with Gasteiger partial charge in [-0.2, -0.15) is 4.98 Å². The molecule has 3 aromatic carbocycles. The average molecular weight is 687 g/mol. The number of ether oxygens (including phenoxy) is 2. The highest BCUT2D eigenvalue weighted by Gasteiger charge is 2.32. The van der Waals surface area contributed by atoms with E-state index in [1.54, 1.807) is 29.2 Å². The first-order chi connectivity index (χ1) is 23.3. The van der Waals surface area contributed by atoms with Crippen LogP contribution in [0.2, 0.25) is 0 Å². The molecule has 0 aliphatic carbocycles. The number of halogens is 1. The maximum Gasteiger partial charge on any atom is 0.264 e. The fraction of sp³-hybridized carbons (Fsp3) is 0.395. The van der Waals surface area contributed by atoms with Gasteiger partial charge in [0.25, 0.3) is 15.9 Å². The van der Waals surface area contributed by atoms with Crippen LogP contribution >= 0.6 is 0 Å². The van der Waals surface area contributed by atoms with Crippen LogP contribution in [0.4, 0.5) is 10.3 Å². The summed E-state index contributed by atoms with van der Waals surface area (Å²) in [7, 11) is -4.21. The number of fused-ring (bicyclic) bond motifs is 4. The van der Waals surface area contributed by atoms with Crippen LogP contribution in [0.3, 0.4) is 0 Å². The third-order valence-electron chi connectivity index (χ3n) is 9.14. The van der Waals surface area contributed by atoms with Gasteiger partial charge in [0.2, 0.25) is 11.8 Å². The van der Waals surface area contributed by atoms with Gasteiger partial charge in [0.1, 0.15) is 12.4 Å². The molecule has 1 amide bonds. The second kappa shape index (κ2) is 13.9. The van der Waals surface area contributed by atoms with Gasteiger partial charge in [0.05, 0.1) is 16.6 Å². The van der Waals surface area contributed by atoms with Crippen molar-refractivity contribution in [3.8, 4) is 17.1 Å². The molecule has 11 heteroatoms. The van der Waals surface area contributed by atoms with Crippen LogP contribution in [0.15, 0.2) is 71.6 Å². The molecular weight excluding hydrogens is 644 g/mol. The minimum absolute atomic E-state index is 0.0277. The fourth-order valence-electron chi connectivity index (χ4n) is 6.71. The Hall–Kier alpha value is -4.35. The normalized spacial score (nSPS) is 18.4. The van der Waals surface area contributed by atoms with Crippen LogP contribution in [0.25, 0.3) is 11.3 Å². The average Bonchev–Trinajstić information content (AvgIpc) is 3.05. The van der Waals surface area contributed by atoms with Gasteiger partial charge < -0.3 is 14.4 Å². The third-order valence-corrected chi connectivity index (χ3v) is 10.5. The van der Waals surface area contributed by atoms with E-state index in [1.807, 2.05) is 38.1 Å². The number of benzene rings is 3. The van der Waals surface area contributed by atoms with Gasteiger partial charge >= 0.3 is 0 Å². The first-order valence-corrected chi connectivity index (χ1v) is 18.1. The van der Waals surface area contributed by atoms with Crippen LogP contribution < -0.4 is 9.46 Å². The molecule has 3 heterocycles. The standard InChI is InChI=1S/C38H43FN4O5S/c1-24-8-6-9-25(2)35(24)33-20-34-41-37(40-33)42-49(45,46)31-11-7-10-28(18-31)36(44)43(30(23-48-34)21-38(3,4)5)22-29-13-12-27(19-32(29)39)26-14-16-47-17-15-26/h6-13,18-20,26,30H,14-17,21-23H2,1-5H3,(H,40,41,42)/t30-/m1/s1. The highest BCUT2D eigenvalue weighted by atomic mass is 32.2. The number of hydrogen-bond donors (Lipinski definition) is 1. The molecule has 2 aliphatic heterocycles. The quantitative estimate of drug-likeness (QED) is 0.233. The van der Waals surface area contributed by atoms with E-state index in [0.717, 1.165) is 35.1 Å². The Bertz CT molecular complexity index is 1950. The van der Waals surface area contributed by atoms with Gasteiger partial charge in [-0.15, -0.1) is 0 Å². The molecule has 4 bridgehead atoms. The predicted octanol–water partition coefficient (Wildman–Crippen LogP) is 7.43. The summed E-state index contributed by atoms with van der Waals surface area (Å²) < 4.78 is 57.6. The molecule has 1 saturated heterocycles. The van der Waals surface area contributed by atoms with Crippen molar-refractivity contribution in [2.45, 2.75) is 77.3 Å². The van der Waals surface area contributed by atoms with Gasteiger partial charge in [-0.1, -0.05) is 57.2 Å². The zero-order valence-electron chi connectivity index (χ0n) is 28.6. The van der Waals surface area contributed by atoms with Crippen molar-refractivity contribution >= 4 is 21.9 Å². The van der Waals surface area contributed by atoms with E-state index in [0.29, 0.717) is 30.9 Å². The molecule has 2 aliphatic rings. The summed E-state index contributed by atoms with van der Waals surface area (Å²) >= 11 is 0. The summed E-state index contributed by atoms with van der Waals surface area (Å²) in [6, 6.07) is 18.1. The van der Waals surface area contributed by atoms with Crippen molar-refractivity contribution in [3.63, 3.8) is 0 Å². The zero-order chi connectivity index (χ0) is 34.9. The van der Waals surface area contributed by atoms with E-state index in [-0.39, 0.29) is 46.8 Å². The molecule has 9 nitrogen and oxygen atoms in total. The summed E-state index contributed by atoms with van der Waals surface area (Å²) in [5.74, 6) is -0.613. The second-order valence-electron chi connectivity index (χ2n) is 14.2. The number of aromatic nitrogens is 2. The van der Waals surface area contributed by atoms with Crippen LogP contribution in [-0.2, 0) is 21.3 Å². The Morgan fingerprint density at radius 1 is 0.959 bits per heavy atom. The number of hydrogen-bond acceptors (Lipinski definition) is 7. The number of rotatable bonds is 5. The summed E-state index contributed by atoms with van der Waals surface area (Å²) in [5.41, 5.74) is 4.42. The number of amides is 1. The Morgan fingerprint density at radius 2 is 1.67 bits per heavy atom. The molecule has 0 saturated carbocycles. The third kappa shape index (κ3) is 7.94. The predicted molar refractivity (Wildman–Crippen MR) is 187 cm³/mol. The summed E-state index contributed by atoms with van der Waals surface area (Å²) in [6.07, 6.45) is 2.18. The van der Waals surface area contributed by atoms with E-state index in [9.17, 15) is 13.2 Å². The number of nitrogens with one attached hydrogen (secondary N) is 1. The number of carbonyl (C=O) groups excluding carboxylic acids is 1. The molecule has 258 valence electrons. The highest BCUT2D eigenvalue weighted by Crippen LogP contribution is 2.33. The molecule has 1 atom stereocenters. The lowest BCUT2D eigenvalue weighted by atomic mass is 9.87. The highest BCUT2D eigenvalue weighted by molar-refractivity contribution is 7.92. The Morgan fingerprint density at radius 3 is 2.37 bits per heavy atom. The van der Waals surface area contributed by atoms with Gasteiger partial charge in [-0.25, -0.2) is 22.5 Å². The minimum atomic E-state index is -4.21. The van der Waals surface area contributed by atoms with Crippen molar-refractivity contribution in [2.75, 3.05) is 24.5 Å². The number of anilines is 1. The molecular formula is C38H43FN4O5S. The molecule has 4 aromatic rings. The topological polar surface area (TPSA) is 111 Å². The van der Waals surface area contributed by atoms with Crippen molar-refractivity contribution in [2.24, 2.45) is 5.41 Å². The van der Waals surface area contributed by atoms with Crippen LogP contribution in [0, 0.1) is 25.1 Å². The molecule has 6 rings (SSSR count). The molecule has 0 unspecified atom stereocenters. The summed E-state index contributed by atoms with van der Waals surface area (Å²) in [6.45, 7) is 11.4. The van der Waals surface area contributed by atoms with Gasteiger partial charge in [0.15, 0.2) is 0 Å². The molecule has 1 fully saturated rings. The first-order valence-electron chi connectivity index (χ1n) is 16.7. The molecule has 49 heavy (non-hydrogen) atoms. The SMILES string of the molecule is Cc1cccc(C)c1-c1cc2nc(n1)NS(=O)(=O)c1cccc(c1)C(=O)N(Cc1ccc(C3CCOCC3)cc1F)[C@H](CC(C)(C)C)CO2. The lowest BCUT2D eigenvalue weighted by Crippen LogP contribution is -2.45. The zero-order valence-corrected chi connectivity index (χ0v) is 29.4. The Kier molecular flexibility index (Phi) is 9.77. The fourth-order valence-corrected chi connectivity index (χ4v) is 7.70. The first kappa shape index (κ1) is 34.5. The van der Waals surface area contributed by atoms with E-state index >= 15 is 4.39 Å². The van der Waals surface area contributed by atoms with Crippen molar-refractivity contribution in [3.05, 3.63) is 100 Å². The minimum Gasteiger partial charge on any atom is -0.475 e. The van der Waals surface area contributed by atoms with Crippen LogP contribution in [-0.4, -0.2) is 55.1 Å². The lowest BCUT2D eigenvalue weighted by Gasteiger charge is -2.36. The maximum atomic E-state index is 15.9. The number of nitrogens with zero attached hydrogens (tertiary/aromatic N) is 3. The van der Waals surface area contributed by atoms with Crippen molar-refractivity contribution < 1.29 is 27.1 Å². The van der Waals surface area contributed by atoms with Gasteiger partial charge in [-0.05, 0) is 85.4 Å². The van der Waals surface area contributed by atoms with Crippen LogP contribution in [0.1, 0.15) is 78.6 Å².